The fourth-order valence-electron chi connectivity index (χ4n) is 7.16. The van der Waals surface area contributed by atoms with Gasteiger partial charge in [0.2, 0.25) is 5.16 Å². The van der Waals surface area contributed by atoms with E-state index < -0.39 is 18.9 Å². The normalized spacial score (nSPS) is 12.5. The largest absolute Gasteiger partial charge is 0.468 e. The second-order valence-electron chi connectivity index (χ2n) is 13.7. The predicted molar refractivity (Wildman–Crippen MR) is 206 cm³/mol. The number of likely N-dealkylation sites (N-methyl/N-ethyl adjacent to an activating group) is 1. The van der Waals surface area contributed by atoms with E-state index in [4.69, 9.17) is 19.4 Å². The molecule has 5 rings (SSSR count). The van der Waals surface area contributed by atoms with Gasteiger partial charge in [-0.2, -0.15) is 0 Å². The Morgan fingerprint density at radius 3 is 2.30 bits per heavy atom. The van der Waals surface area contributed by atoms with Crippen LogP contribution in [0.1, 0.15) is 52.7 Å². The molecule has 1 atom stereocenters. The molecule has 2 aromatic heterocycles. The summed E-state index contributed by atoms with van der Waals surface area (Å²) in [6.45, 7) is 14.2. The minimum Gasteiger partial charge on any atom is -0.468 e. The van der Waals surface area contributed by atoms with E-state index in [-0.39, 0.29) is 17.8 Å². The minimum atomic E-state index is -2.20. The standard InChI is InChI=1S/C40H47FN4O3SSi/c1-26(2)50(27(3)4,28(5)6)20-18-32-35(41)16-15-30-21-31(48-25-47-8)22-33(38(30)32)36-23-37-34(24-42-40(44-37)49(9)46)39(43-36)45(7)19-17-29-13-11-10-12-14-29/h10-16,21-24,26-28H,17,19,25H2,1-9H3. The SMILES string of the molecule is COCOc1cc(-c2cc3nc(S(C)=O)ncc3c(N(C)CCc3ccccc3)n2)c2c(C#C[Si](C(C)C)(C(C)C)C(C)C)c(F)ccc2c1. The molecule has 0 radical (unpaired) electrons. The molecule has 7 nitrogen and oxygen atoms in total. The molecular formula is C40H47FN4O3SSi. The molecule has 5 aromatic rings. The smallest absolute Gasteiger partial charge is 0.218 e. The number of rotatable bonds is 12. The minimum absolute atomic E-state index is 0.0433. The third-order valence-electron chi connectivity index (χ3n) is 9.66. The Hall–Kier alpha value is -4.17. The van der Waals surface area contributed by atoms with Crippen LogP contribution in [-0.4, -0.2) is 61.0 Å². The van der Waals surface area contributed by atoms with E-state index in [9.17, 15) is 4.21 Å². The summed E-state index contributed by atoms with van der Waals surface area (Å²) in [6.07, 6.45) is 4.04. The van der Waals surface area contributed by atoms with Crippen LogP contribution >= 0.6 is 0 Å². The first-order chi connectivity index (χ1) is 23.9. The van der Waals surface area contributed by atoms with Crippen LogP contribution in [0.5, 0.6) is 5.75 Å². The quantitative estimate of drug-likeness (QED) is 0.0554. The first kappa shape index (κ1) is 37.1. The van der Waals surface area contributed by atoms with Gasteiger partial charge in [-0.25, -0.2) is 19.3 Å². The molecule has 50 heavy (non-hydrogen) atoms. The summed E-state index contributed by atoms with van der Waals surface area (Å²) in [5.41, 5.74) is 8.24. The number of fused-ring (bicyclic) bond motifs is 2. The number of hydrogen-bond acceptors (Lipinski definition) is 7. The molecule has 0 fully saturated rings. The van der Waals surface area contributed by atoms with Gasteiger partial charge in [-0.15, -0.1) is 5.54 Å². The number of pyridine rings is 1. The van der Waals surface area contributed by atoms with Crippen LogP contribution in [0, 0.1) is 17.3 Å². The van der Waals surface area contributed by atoms with Crippen molar-refractivity contribution in [3.05, 3.63) is 83.8 Å². The molecule has 262 valence electrons. The maximum Gasteiger partial charge on any atom is 0.218 e. The Morgan fingerprint density at radius 2 is 1.66 bits per heavy atom. The zero-order valence-electron chi connectivity index (χ0n) is 30.5. The van der Waals surface area contributed by atoms with Crippen LogP contribution in [0.25, 0.3) is 32.9 Å². The Labute approximate surface area is 299 Å². The van der Waals surface area contributed by atoms with Crippen molar-refractivity contribution in [2.24, 2.45) is 0 Å². The lowest BCUT2D eigenvalue weighted by Gasteiger charge is -2.38. The van der Waals surface area contributed by atoms with E-state index in [1.807, 2.05) is 43.4 Å². The summed E-state index contributed by atoms with van der Waals surface area (Å²) < 4.78 is 39.8. The molecule has 1 unspecified atom stereocenters. The van der Waals surface area contributed by atoms with Gasteiger partial charge in [0.05, 0.1) is 33.0 Å². The van der Waals surface area contributed by atoms with Crippen molar-refractivity contribution >= 4 is 46.4 Å². The summed E-state index contributed by atoms with van der Waals surface area (Å²) in [5.74, 6) is 4.24. The van der Waals surface area contributed by atoms with Crippen LogP contribution in [0.3, 0.4) is 0 Å². The molecule has 0 N–H and O–H groups in total. The fourth-order valence-corrected chi connectivity index (χ4v) is 12.8. The molecule has 0 bridgehead atoms. The van der Waals surface area contributed by atoms with E-state index >= 15 is 4.39 Å². The molecule has 0 aliphatic rings. The number of nitrogens with zero attached hydrogens (tertiary/aromatic N) is 4. The lowest BCUT2D eigenvalue weighted by Crippen LogP contribution is -2.43. The monoisotopic (exact) mass is 710 g/mol. The van der Waals surface area contributed by atoms with Gasteiger partial charge in [0.15, 0.2) is 6.79 Å². The lowest BCUT2D eigenvalue weighted by molar-refractivity contribution is 0.0512. The zero-order valence-corrected chi connectivity index (χ0v) is 32.3. The number of ether oxygens (including phenoxy) is 2. The van der Waals surface area contributed by atoms with Crippen molar-refractivity contribution in [1.82, 2.24) is 15.0 Å². The second-order valence-corrected chi connectivity index (χ2v) is 20.6. The Bertz CT molecular complexity index is 2060. The van der Waals surface area contributed by atoms with Crippen molar-refractivity contribution in [2.45, 2.75) is 69.7 Å². The van der Waals surface area contributed by atoms with Gasteiger partial charge in [0, 0.05) is 44.1 Å². The molecule has 0 saturated heterocycles. The Morgan fingerprint density at radius 1 is 0.960 bits per heavy atom. The number of halogens is 1. The summed E-state index contributed by atoms with van der Waals surface area (Å²) in [7, 11) is -0.0395. The highest BCUT2D eigenvalue weighted by Crippen LogP contribution is 2.42. The third kappa shape index (κ3) is 7.60. The summed E-state index contributed by atoms with van der Waals surface area (Å²) >= 11 is 0. The summed E-state index contributed by atoms with van der Waals surface area (Å²) in [5, 5.41) is 2.37. The number of anilines is 1. The van der Waals surface area contributed by atoms with Crippen LogP contribution in [-0.2, 0) is 22.0 Å². The van der Waals surface area contributed by atoms with Gasteiger partial charge in [-0.05, 0) is 58.3 Å². The maximum atomic E-state index is 16.1. The predicted octanol–water partition coefficient (Wildman–Crippen LogP) is 8.95. The van der Waals surface area contributed by atoms with Crippen LogP contribution in [0.4, 0.5) is 10.2 Å². The highest BCUT2D eigenvalue weighted by molar-refractivity contribution is 7.84. The van der Waals surface area contributed by atoms with Crippen LogP contribution in [0.2, 0.25) is 16.6 Å². The zero-order chi connectivity index (χ0) is 36.2. The number of hydrogen-bond donors (Lipinski definition) is 0. The van der Waals surface area contributed by atoms with E-state index in [0.29, 0.717) is 62.5 Å². The Balaban J connectivity index is 1.80. The van der Waals surface area contributed by atoms with E-state index in [1.54, 1.807) is 25.6 Å². The first-order valence-corrected chi connectivity index (χ1v) is 20.8. The van der Waals surface area contributed by atoms with Gasteiger partial charge in [-0.3, -0.25) is 4.21 Å². The second kappa shape index (κ2) is 15.8. The molecule has 10 heteroatoms. The molecule has 0 aliphatic carbocycles. The molecular weight excluding hydrogens is 664 g/mol. The fraction of sp³-hybridized carbons (Fsp3) is 0.375. The Kier molecular flexibility index (Phi) is 11.7. The highest BCUT2D eigenvalue weighted by atomic mass is 32.2. The first-order valence-electron chi connectivity index (χ1n) is 17.0. The molecule has 0 saturated carbocycles. The van der Waals surface area contributed by atoms with Gasteiger partial charge in [0.25, 0.3) is 0 Å². The molecule has 0 spiro atoms. The van der Waals surface area contributed by atoms with Crippen LogP contribution in [0.15, 0.2) is 72.0 Å². The molecule has 0 amide bonds. The number of aromatic nitrogens is 3. The number of benzene rings is 3. The molecule has 2 heterocycles. The average Bonchev–Trinajstić information content (AvgIpc) is 3.09. The van der Waals surface area contributed by atoms with Gasteiger partial charge >= 0.3 is 0 Å². The van der Waals surface area contributed by atoms with Crippen molar-refractivity contribution in [3.63, 3.8) is 0 Å². The lowest BCUT2D eigenvalue weighted by atomic mass is 9.96. The van der Waals surface area contributed by atoms with Gasteiger partial charge < -0.3 is 14.4 Å². The van der Waals surface area contributed by atoms with E-state index in [2.05, 4.69) is 75.0 Å². The van der Waals surface area contributed by atoms with Crippen molar-refractivity contribution in [1.29, 1.82) is 0 Å². The molecule has 3 aromatic carbocycles. The topological polar surface area (TPSA) is 77.4 Å². The van der Waals surface area contributed by atoms with Gasteiger partial charge in [-0.1, -0.05) is 83.9 Å². The van der Waals surface area contributed by atoms with Crippen molar-refractivity contribution in [3.8, 4) is 28.5 Å². The molecule has 0 aliphatic heterocycles. The maximum absolute atomic E-state index is 16.1. The van der Waals surface area contributed by atoms with E-state index in [0.717, 1.165) is 17.2 Å². The highest BCUT2D eigenvalue weighted by Gasteiger charge is 2.41. The number of methoxy groups -OCH3 is 1. The average molecular weight is 711 g/mol. The summed E-state index contributed by atoms with van der Waals surface area (Å²) in [6, 6.07) is 19.1. The summed E-state index contributed by atoms with van der Waals surface area (Å²) in [4.78, 5) is 16.4. The van der Waals surface area contributed by atoms with E-state index in [1.165, 1.54) is 11.6 Å². The van der Waals surface area contributed by atoms with Crippen LogP contribution < -0.4 is 9.64 Å². The van der Waals surface area contributed by atoms with Crippen molar-refractivity contribution in [2.75, 3.05) is 38.7 Å². The van der Waals surface area contributed by atoms with Gasteiger partial charge in [0.1, 0.15) is 25.5 Å². The third-order valence-corrected chi connectivity index (χ3v) is 16.7. The van der Waals surface area contributed by atoms with Crippen molar-refractivity contribution < 1.29 is 18.1 Å².